The summed E-state index contributed by atoms with van der Waals surface area (Å²) >= 11 is 0. The Bertz CT molecular complexity index is 1100. The molecule has 4 amide bonds. The SMILES string of the molecule is O=C1CCC(N2C(=O)c3ccc(NC4CCNc5ncccc54)cc3C2=O)C(=O)N1. The molecule has 0 aliphatic carbocycles. The number of carbonyl (C=O) groups is 4. The molecular formula is C21H19N5O4. The Balaban J connectivity index is 1.41. The van der Waals surface area contributed by atoms with Crippen molar-refractivity contribution in [1.29, 1.82) is 0 Å². The maximum absolute atomic E-state index is 13.0. The monoisotopic (exact) mass is 405 g/mol. The first-order valence-corrected chi connectivity index (χ1v) is 9.84. The molecule has 1 aromatic carbocycles. The second kappa shape index (κ2) is 6.94. The van der Waals surface area contributed by atoms with Gasteiger partial charge < -0.3 is 10.6 Å². The normalized spacial score (nSPS) is 22.9. The van der Waals surface area contributed by atoms with Crippen LogP contribution in [0.5, 0.6) is 0 Å². The molecule has 0 saturated carbocycles. The van der Waals surface area contributed by atoms with Crippen LogP contribution in [0.15, 0.2) is 36.5 Å². The van der Waals surface area contributed by atoms with Gasteiger partial charge in [0, 0.05) is 30.4 Å². The van der Waals surface area contributed by atoms with E-state index in [-0.39, 0.29) is 30.0 Å². The number of nitrogens with zero attached hydrogens (tertiary/aromatic N) is 2. The van der Waals surface area contributed by atoms with E-state index >= 15 is 0 Å². The summed E-state index contributed by atoms with van der Waals surface area (Å²) in [6, 6.07) is 7.95. The van der Waals surface area contributed by atoms with Crippen LogP contribution in [0.2, 0.25) is 0 Å². The number of piperidine rings is 1. The zero-order chi connectivity index (χ0) is 20.8. The lowest BCUT2D eigenvalue weighted by Crippen LogP contribution is -2.54. The average Bonchev–Trinajstić information content (AvgIpc) is 2.99. The van der Waals surface area contributed by atoms with Gasteiger partial charge in [-0.05, 0) is 37.1 Å². The highest BCUT2D eigenvalue weighted by atomic mass is 16.2. The summed E-state index contributed by atoms with van der Waals surface area (Å²) < 4.78 is 0. The number of nitrogens with one attached hydrogen (secondary N) is 3. The van der Waals surface area contributed by atoms with Crippen molar-refractivity contribution in [3.8, 4) is 0 Å². The molecule has 1 fully saturated rings. The Hall–Kier alpha value is -3.75. The Kier molecular flexibility index (Phi) is 4.23. The molecule has 3 aliphatic heterocycles. The van der Waals surface area contributed by atoms with Gasteiger partial charge in [0.1, 0.15) is 11.9 Å². The van der Waals surface area contributed by atoms with Crippen molar-refractivity contribution in [2.75, 3.05) is 17.2 Å². The molecule has 30 heavy (non-hydrogen) atoms. The summed E-state index contributed by atoms with van der Waals surface area (Å²) in [7, 11) is 0. The number of pyridine rings is 1. The third-order valence-corrected chi connectivity index (χ3v) is 5.72. The predicted molar refractivity (Wildman–Crippen MR) is 107 cm³/mol. The highest BCUT2D eigenvalue weighted by molar-refractivity contribution is 6.23. The molecule has 2 aromatic rings. The minimum Gasteiger partial charge on any atom is -0.378 e. The molecule has 0 spiro atoms. The number of rotatable bonds is 3. The lowest BCUT2D eigenvalue weighted by Gasteiger charge is -2.27. The van der Waals surface area contributed by atoms with Crippen LogP contribution in [0.25, 0.3) is 0 Å². The Morgan fingerprint density at radius 2 is 1.87 bits per heavy atom. The third-order valence-electron chi connectivity index (χ3n) is 5.72. The van der Waals surface area contributed by atoms with E-state index in [9.17, 15) is 19.2 Å². The first-order valence-electron chi connectivity index (χ1n) is 9.84. The minimum absolute atomic E-state index is 0.0199. The van der Waals surface area contributed by atoms with Gasteiger partial charge in [0.15, 0.2) is 0 Å². The van der Waals surface area contributed by atoms with Crippen molar-refractivity contribution in [3.05, 3.63) is 53.2 Å². The highest BCUT2D eigenvalue weighted by Crippen LogP contribution is 2.33. The van der Waals surface area contributed by atoms with Gasteiger partial charge in [0.05, 0.1) is 17.2 Å². The number of carbonyl (C=O) groups excluding carboxylic acids is 4. The van der Waals surface area contributed by atoms with Crippen LogP contribution >= 0.6 is 0 Å². The molecule has 2 unspecified atom stereocenters. The summed E-state index contributed by atoms with van der Waals surface area (Å²) in [4.78, 5) is 54.7. The maximum atomic E-state index is 13.0. The fraction of sp³-hybridized carbons (Fsp3) is 0.286. The summed E-state index contributed by atoms with van der Waals surface area (Å²) in [5.41, 5.74) is 2.27. The van der Waals surface area contributed by atoms with Crippen LogP contribution in [-0.4, -0.2) is 46.1 Å². The number of fused-ring (bicyclic) bond motifs is 2. The first-order chi connectivity index (χ1) is 14.5. The van der Waals surface area contributed by atoms with E-state index < -0.39 is 29.7 Å². The lowest BCUT2D eigenvalue weighted by atomic mass is 10.00. The zero-order valence-corrected chi connectivity index (χ0v) is 16.0. The topological polar surface area (TPSA) is 120 Å². The minimum atomic E-state index is -0.964. The largest absolute Gasteiger partial charge is 0.378 e. The van der Waals surface area contributed by atoms with Crippen LogP contribution in [-0.2, 0) is 9.59 Å². The number of hydrogen-bond acceptors (Lipinski definition) is 7. The van der Waals surface area contributed by atoms with Crippen LogP contribution in [0.3, 0.4) is 0 Å². The van der Waals surface area contributed by atoms with Crippen molar-refractivity contribution >= 4 is 35.1 Å². The second-order valence-electron chi connectivity index (χ2n) is 7.56. The molecule has 3 aliphatic rings. The van der Waals surface area contributed by atoms with Crippen LogP contribution in [0, 0.1) is 0 Å². The van der Waals surface area contributed by atoms with E-state index in [4.69, 9.17) is 0 Å². The number of imide groups is 2. The van der Waals surface area contributed by atoms with E-state index in [2.05, 4.69) is 20.9 Å². The van der Waals surface area contributed by atoms with Gasteiger partial charge >= 0.3 is 0 Å². The van der Waals surface area contributed by atoms with Crippen molar-refractivity contribution in [2.45, 2.75) is 31.3 Å². The molecule has 9 heteroatoms. The molecule has 152 valence electrons. The lowest BCUT2D eigenvalue weighted by molar-refractivity contribution is -0.136. The number of benzene rings is 1. The van der Waals surface area contributed by atoms with Gasteiger partial charge in [-0.2, -0.15) is 0 Å². The van der Waals surface area contributed by atoms with Gasteiger partial charge in [-0.25, -0.2) is 4.98 Å². The number of hydrogen-bond donors (Lipinski definition) is 3. The molecule has 1 saturated heterocycles. The third kappa shape index (κ3) is 2.90. The van der Waals surface area contributed by atoms with Gasteiger partial charge in [0.2, 0.25) is 11.8 Å². The zero-order valence-electron chi connectivity index (χ0n) is 16.0. The Morgan fingerprint density at radius 1 is 1.03 bits per heavy atom. The van der Waals surface area contributed by atoms with E-state index in [0.717, 1.165) is 29.2 Å². The average molecular weight is 405 g/mol. The van der Waals surface area contributed by atoms with Crippen molar-refractivity contribution in [3.63, 3.8) is 0 Å². The van der Waals surface area contributed by atoms with E-state index in [1.54, 1.807) is 24.4 Å². The van der Waals surface area contributed by atoms with Crippen LogP contribution in [0.1, 0.15) is 51.6 Å². The molecule has 5 rings (SSSR count). The number of amides is 4. The molecule has 2 atom stereocenters. The van der Waals surface area contributed by atoms with E-state index in [1.165, 1.54) is 0 Å². The van der Waals surface area contributed by atoms with E-state index in [1.807, 2.05) is 12.1 Å². The highest BCUT2D eigenvalue weighted by Gasteiger charge is 2.44. The molecule has 0 bridgehead atoms. The van der Waals surface area contributed by atoms with Crippen molar-refractivity contribution in [2.24, 2.45) is 0 Å². The summed E-state index contributed by atoms with van der Waals surface area (Å²) in [5, 5.41) is 8.89. The van der Waals surface area contributed by atoms with Gasteiger partial charge in [-0.15, -0.1) is 0 Å². The number of aromatic nitrogens is 1. The summed E-state index contributed by atoms with van der Waals surface area (Å²) in [6.45, 7) is 0.771. The quantitative estimate of drug-likeness (QED) is 0.661. The fourth-order valence-electron chi connectivity index (χ4n) is 4.25. The van der Waals surface area contributed by atoms with Crippen molar-refractivity contribution in [1.82, 2.24) is 15.2 Å². The second-order valence-corrected chi connectivity index (χ2v) is 7.56. The predicted octanol–water partition coefficient (Wildman–Crippen LogP) is 1.45. The van der Waals surface area contributed by atoms with E-state index in [0.29, 0.717) is 5.69 Å². The summed E-state index contributed by atoms with van der Waals surface area (Å²) in [6.07, 6.45) is 2.81. The maximum Gasteiger partial charge on any atom is 0.262 e. The Morgan fingerprint density at radius 3 is 2.70 bits per heavy atom. The Labute approximate surface area is 171 Å². The fourth-order valence-corrected chi connectivity index (χ4v) is 4.25. The molecule has 3 N–H and O–H groups in total. The summed E-state index contributed by atoms with van der Waals surface area (Å²) in [5.74, 6) is -1.19. The van der Waals surface area contributed by atoms with Crippen LogP contribution in [0.4, 0.5) is 11.5 Å². The molecule has 1 aromatic heterocycles. The van der Waals surface area contributed by atoms with Gasteiger partial charge in [-0.1, -0.05) is 6.07 Å². The number of anilines is 2. The molecule has 0 radical (unpaired) electrons. The smallest absolute Gasteiger partial charge is 0.262 e. The molecule has 4 heterocycles. The standard InChI is InChI=1S/C21H19N5O4/c27-17-6-5-16(19(28)25-17)26-20(29)12-4-3-11(10-14(12)21(26)30)24-15-7-9-23-18-13(15)2-1-8-22-18/h1-4,8,10,15-16,24H,5-7,9H2,(H,22,23)(H,25,27,28). The van der Waals surface area contributed by atoms with Gasteiger partial charge in [-0.3, -0.25) is 29.4 Å². The van der Waals surface area contributed by atoms with Crippen LogP contribution < -0.4 is 16.0 Å². The van der Waals surface area contributed by atoms with Gasteiger partial charge in [0.25, 0.3) is 11.8 Å². The molecular weight excluding hydrogens is 386 g/mol. The molecule has 9 nitrogen and oxygen atoms in total. The van der Waals surface area contributed by atoms with Crippen molar-refractivity contribution < 1.29 is 19.2 Å². The first kappa shape index (κ1) is 18.3.